The molecule has 42 valence electrons. The molecule has 0 aromatic rings. The maximum absolute atomic E-state index is 3.30. The van der Waals surface area contributed by atoms with Gasteiger partial charge in [-0.2, -0.15) is 0 Å². The van der Waals surface area contributed by atoms with E-state index in [0.717, 1.165) is 19.3 Å². The van der Waals surface area contributed by atoms with Gasteiger partial charge in [-0.15, -0.1) is 0 Å². The van der Waals surface area contributed by atoms with Crippen LogP contribution in [0.4, 0.5) is 0 Å². The summed E-state index contributed by atoms with van der Waals surface area (Å²) in [4.78, 5) is 0. The maximum Gasteiger partial charge on any atom is 0.0457 e. The first-order valence-electron chi connectivity index (χ1n) is 2.87. The SMILES string of the molecule is CCC1CNCN1. The minimum atomic E-state index is 0.736. The first-order valence-corrected chi connectivity index (χ1v) is 2.87. The van der Waals surface area contributed by atoms with E-state index >= 15 is 0 Å². The highest BCUT2D eigenvalue weighted by Gasteiger charge is 2.08. The lowest BCUT2D eigenvalue weighted by Gasteiger charge is -2.00. The molecule has 7 heavy (non-hydrogen) atoms. The van der Waals surface area contributed by atoms with Crippen LogP contribution in [0.3, 0.4) is 0 Å². The van der Waals surface area contributed by atoms with Crippen molar-refractivity contribution in [1.29, 1.82) is 0 Å². The van der Waals surface area contributed by atoms with Crippen LogP contribution in [0.2, 0.25) is 0 Å². The zero-order chi connectivity index (χ0) is 5.11. The van der Waals surface area contributed by atoms with Crippen LogP contribution < -0.4 is 10.6 Å². The van der Waals surface area contributed by atoms with Crippen LogP contribution in [-0.4, -0.2) is 19.3 Å². The van der Waals surface area contributed by atoms with Gasteiger partial charge in [0.1, 0.15) is 0 Å². The third-order valence-corrected chi connectivity index (χ3v) is 1.40. The molecule has 1 atom stereocenters. The van der Waals surface area contributed by atoms with Crippen molar-refractivity contribution < 1.29 is 0 Å². The Morgan fingerprint density at radius 2 is 2.57 bits per heavy atom. The highest BCUT2D eigenvalue weighted by molar-refractivity contribution is 4.72. The van der Waals surface area contributed by atoms with E-state index in [4.69, 9.17) is 0 Å². The first kappa shape index (κ1) is 5.06. The summed E-state index contributed by atoms with van der Waals surface area (Å²) in [6.45, 7) is 4.35. The van der Waals surface area contributed by atoms with Crippen molar-refractivity contribution in [3.05, 3.63) is 0 Å². The fraction of sp³-hybridized carbons (Fsp3) is 1.00. The molecule has 1 rings (SSSR count). The molecule has 0 radical (unpaired) electrons. The lowest BCUT2D eigenvalue weighted by molar-refractivity contribution is 0.613. The highest BCUT2D eigenvalue weighted by atomic mass is 15.2. The molecule has 0 aromatic carbocycles. The van der Waals surface area contributed by atoms with Crippen molar-refractivity contribution in [3.63, 3.8) is 0 Å². The van der Waals surface area contributed by atoms with Crippen molar-refractivity contribution in [1.82, 2.24) is 10.6 Å². The van der Waals surface area contributed by atoms with E-state index in [1.165, 1.54) is 6.42 Å². The summed E-state index contributed by atoms with van der Waals surface area (Å²) in [7, 11) is 0. The lowest BCUT2D eigenvalue weighted by atomic mass is 10.2. The van der Waals surface area contributed by atoms with Crippen molar-refractivity contribution in [2.24, 2.45) is 0 Å². The van der Waals surface area contributed by atoms with E-state index in [0.29, 0.717) is 0 Å². The van der Waals surface area contributed by atoms with Crippen molar-refractivity contribution in [2.75, 3.05) is 13.2 Å². The lowest BCUT2D eigenvalue weighted by Crippen LogP contribution is -2.21. The topological polar surface area (TPSA) is 24.1 Å². The molecule has 0 spiro atoms. The highest BCUT2D eigenvalue weighted by Crippen LogP contribution is 1.90. The van der Waals surface area contributed by atoms with Gasteiger partial charge in [0, 0.05) is 19.3 Å². The van der Waals surface area contributed by atoms with Crippen molar-refractivity contribution >= 4 is 0 Å². The molecule has 0 bridgehead atoms. The summed E-state index contributed by atoms with van der Waals surface area (Å²) >= 11 is 0. The molecule has 1 fully saturated rings. The zero-order valence-electron chi connectivity index (χ0n) is 4.70. The van der Waals surface area contributed by atoms with Gasteiger partial charge in [0.25, 0.3) is 0 Å². The van der Waals surface area contributed by atoms with Gasteiger partial charge in [0.2, 0.25) is 0 Å². The van der Waals surface area contributed by atoms with E-state index in [1.807, 2.05) is 0 Å². The van der Waals surface area contributed by atoms with Gasteiger partial charge in [0.15, 0.2) is 0 Å². The normalized spacial score (nSPS) is 31.3. The first-order chi connectivity index (χ1) is 3.43. The van der Waals surface area contributed by atoms with Gasteiger partial charge < -0.3 is 10.6 Å². The van der Waals surface area contributed by atoms with E-state index in [-0.39, 0.29) is 0 Å². The molecule has 1 heterocycles. The average Bonchev–Trinajstić information content (AvgIpc) is 2.14. The molecule has 0 aromatic heterocycles. The molecule has 0 amide bonds. The Morgan fingerprint density at radius 3 is 2.86 bits per heavy atom. The molecular formula is C5H12N2. The predicted octanol–water partition coefficient (Wildman–Crippen LogP) is -0.0847. The van der Waals surface area contributed by atoms with Gasteiger partial charge in [-0.1, -0.05) is 6.92 Å². The minimum Gasteiger partial charge on any atom is -0.303 e. The molecule has 1 aliphatic rings. The Morgan fingerprint density at radius 1 is 1.71 bits per heavy atom. The molecule has 1 aliphatic heterocycles. The Kier molecular flexibility index (Phi) is 1.65. The number of hydrogen-bond acceptors (Lipinski definition) is 2. The standard InChI is InChI=1S/C5H12N2/c1-2-5-3-6-4-7-5/h5-7H,2-4H2,1H3. The summed E-state index contributed by atoms with van der Waals surface area (Å²) in [5, 5.41) is 6.51. The summed E-state index contributed by atoms with van der Waals surface area (Å²) in [6, 6.07) is 0.736. The van der Waals surface area contributed by atoms with E-state index < -0.39 is 0 Å². The third kappa shape index (κ3) is 1.14. The molecular weight excluding hydrogens is 88.1 g/mol. The second-order valence-electron chi connectivity index (χ2n) is 1.94. The van der Waals surface area contributed by atoms with Gasteiger partial charge in [0.05, 0.1) is 0 Å². The molecule has 1 unspecified atom stereocenters. The summed E-state index contributed by atoms with van der Waals surface area (Å²) < 4.78 is 0. The van der Waals surface area contributed by atoms with Crippen molar-refractivity contribution in [3.8, 4) is 0 Å². The number of rotatable bonds is 1. The quantitative estimate of drug-likeness (QED) is 0.481. The Balaban J connectivity index is 2.14. The fourth-order valence-corrected chi connectivity index (χ4v) is 0.824. The average molecular weight is 100 g/mol. The van der Waals surface area contributed by atoms with Gasteiger partial charge in [-0.3, -0.25) is 0 Å². The van der Waals surface area contributed by atoms with Gasteiger partial charge in [-0.25, -0.2) is 0 Å². The second kappa shape index (κ2) is 2.28. The summed E-state index contributed by atoms with van der Waals surface area (Å²) in [5.74, 6) is 0. The summed E-state index contributed by atoms with van der Waals surface area (Å²) in [6.07, 6.45) is 1.24. The smallest absolute Gasteiger partial charge is 0.0457 e. The second-order valence-corrected chi connectivity index (χ2v) is 1.94. The summed E-state index contributed by atoms with van der Waals surface area (Å²) in [5.41, 5.74) is 0. The van der Waals surface area contributed by atoms with Crippen LogP contribution in [0.5, 0.6) is 0 Å². The van der Waals surface area contributed by atoms with Crippen LogP contribution in [0.1, 0.15) is 13.3 Å². The Bertz CT molecular complexity index is 48.0. The van der Waals surface area contributed by atoms with Crippen LogP contribution in [0.25, 0.3) is 0 Å². The molecule has 2 heteroatoms. The van der Waals surface area contributed by atoms with E-state index in [9.17, 15) is 0 Å². The minimum absolute atomic E-state index is 0.736. The number of nitrogens with one attached hydrogen (secondary N) is 2. The molecule has 1 saturated heterocycles. The molecule has 2 N–H and O–H groups in total. The number of hydrogen-bond donors (Lipinski definition) is 2. The predicted molar refractivity (Wildman–Crippen MR) is 30.1 cm³/mol. The van der Waals surface area contributed by atoms with Crippen LogP contribution in [0, 0.1) is 0 Å². The van der Waals surface area contributed by atoms with Crippen LogP contribution >= 0.6 is 0 Å². The molecule has 0 aliphatic carbocycles. The van der Waals surface area contributed by atoms with Crippen LogP contribution in [-0.2, 0) is 0 Å². The van der Waals surface area contributed by atoms with Crippen molar-refractivity contribution in [2.45, 2.75) is 19.4 Å². The maximum atomic E-state index is 3.30. The Labute approximate surface area is 44.3 Å². The van der Waals surface area contributed by atoms with E-state index in [1.54, 1.807) is 0 Å². The third-order valence-electron chi connectivity index (χ3n) is 1.40. The Hall–Kier alpha value is -0.0800. The molecule has 2 nitrogen and oxygen atoms in total. The largest absolute Gasteiger partial charge is 0.303 e. The zero-order valence-corrected chi connectivity index (χ0v) is 4.70. The fourth-order valence-electron chi connectivity index (χ4n) is 0.824. The van der Waals surface area contributed by atoms with Gasteiger partial charge >= 0.3 is 0 Å². The van der Waals surface area contributed by atoms with Crippen LogP contribution in [0.15, 0.2) is 0 Å². The van der Waals surface area contributed by atoms with E-state index in [2.05, 4.69) is 17.6 Å². The van der Waals surface area contributed by atoms with Gasteiger partial charge in [-0.05, 0) is 6.42 Å². The monoisotopic (exact) mass is 100 g/mol. The molecule has 0 saturated carbocycles.